The highest BCUT2D eigenvalue weighted by molar-refractivity contribution is 6.44. The van der Waals surface area contributed by atoms with Crippen LogP contribution in [0.5, 0.6) is 11.5 Å². The number of halogens is 14. The molecule has 8 aromatic rings. The second-order valence-electron chi connectivity index (χ2n) is 20.3. The second kappa shape index (κ2) is 43.7. The summed E-state index contributed by atoms with van der Waals surface area (Å²) >= 11 is 64.5. The van der Waals surface area contributed by atoms with Crippen LogP contribution in [0.15, 0.2) is 96.4 Å². The van der Waals surface area contributed by atoms with Gasteiger partial charge in [0.25, 0.3) is 0 Å². The molecule has 7 aromatic heterocycles. The summed E-state index contributed by atoms with van der Waals surface area (Å²) in [5, 5.41) is 11.8. The first kappa shape index (κ1) is 87.5. The Hall–Kier alpha value is -4.49. The summed E-state index contributed by atoms with van der Waals surface area (Å²) in [6, 6.07) is 16.3. The molecule has 0 atom stereocenters. The van der Waals surface area contributed by atoms with Gasteiger partial charge in [0.15, 0.2) is 0 Å². The minimum atomic E-state index is -4.78. The van der Waals surface area contributed by atoms with Crippen LogP contribution in [0.3, 0.4) is 0 Å². The summed E-state index contributed by atoms with van der Waals surface area (Å²) in [6.07, 6.45) is 12.4. The summed E-state index contributed by atoms with van der Waals surface area (Å²) in [5.74, 6) is 3.41. The number of aryl methyl sites for hydroxylation is 2. The Morgan fingerprint density at radius 1 is 0.585 bits per heavy atom. The van der Waals surface area contributed by atoms with E-state index in [1.807, 2.05) is 59.4 Å². The first-order valence-corrected chi connectivity index (χ1v) is 33.9. The third-order valence-electron chi connectivity index (χ3n) is 14.5. The molecule has 0 spiro atoms. The Kier molecular flexibility index (Phi) is 40.7. The van der Waals surface area contributed by atoms with E-state index in [9.17, 15) is 13.2 Å². The molecule has 7 heterocycles. The van der Waals surface area contributed by atoms with Gasteiger partial charge >= 0.3 is 6.36 Å². The van der Waals surface area contributed by atoms with Crippen molar-refractivity contribution in [2.45, 2.75) is 140 Å². The number of nitrogens with zero attached hydrogens (tertiary/aromatic N) is 8. The van der Waals surface area contributed by atoms with Crippen LogP contribution >= 0.6 is 128 Å². The van der Waals surface area contributed by atoms with Crippen LogP contribution in [0, 0.1) is 0 Å². The molecule has 0 aliphatic rings. The lowest BCUT2D eigenvalue weighted by atomic mass is 9.94. The van der Waals surface area contributed by atoms with Crippen molar-refractivity contribution >= 4 is 167 Å². The number of alkyl halides is 4. The van der Waals surface area contributed by atoms with Gasteiger partial charge in [-0.25, -0.2) is 24.9 Å². The molecule has 0 amide bonds. The molecule has 0 saturated carbocycles. The molecule has 0 radical (unpaired) electrons. The van der Waals surface area contributed by atoms with E-state index in [0.29, 0.717) is 81.1 Å². The van der Waals surface area contributed by atoms with Crippen molar-refractivity contribution in [3.8, 4) is 22.8 Å². The van der Waals surface area contributed by atoms with Crippen molar-refractivity contribution in [2.24, 2.45) is 14.1 Å². The van der Waals surface area contributed by atoms with E-state index < -0.39 is 6.36 Å². The molecular formula is C68H88Cl11F3N10O2. The van der Waals surface area contributed by atoms with Crippen molar-refractivity contribution in [3.05, 3.63) is 158 Å². The van der Waals surface area contributed by atoms with E-state index in [2.05, 4.69) is 115 Å². The van der Waals surface area contributed by atoms with Crippen molar-refractivity contribution in [3.63, 3.8) is 0 Å². The number of aromatic nitrogens is 7. The zero-order valence-corrected chi connectivity index (χ0v) is 62.3. The van der Waals surface area contributed by atoms with Crippen molar-refractivity contribution in [1.29, 1.82) is 0 Å². The molecule has 2 N–H and O–H groups in total. The highest BCUT2D eigenvalue weighted by Crippen LogP contribution is 2.41. The molecule has 0 unspecified atom stereocenters. The fourth-order valence-corrected chi connectivity index (χ4v) is 11.5. The number of rotatable bonds is 19. The molecule has 0 aliphatic heterocycles. The van der Waals surface area contributed by atoms with E-state index in [1.54, 1.807) is 32.3 Å². The number of allylic oxidation sites excluding steroid dienone is 3. The molecule has 1 aromatic carbocycles. The van der Waals surface area contributed by atoms with Crippen LogP contribution in [0.25, 0.3) is 33.3 Å². The molecule has 520 valence electrons. The van der Waals surface area contributed by atoms with Gasteiger partial charge in [0, 0.05) is 82.5 Å². The number of ether oxygens (including phenoxy) is 2. The number of hydrogen-bond acceptors (Lipinski definition) is 10. The molecule has 12 nitrogen and oxygen atoms in total. The SMILES string of the molecule is C.C.CCC(=CCCl)CC.CCC(=CCN(C)c1nc(Cl)c(Cl)cc1Cl)CC.CCC(CC)c1cn(C)c2nc(-c3ccc(OC(F)(F)F)cc3OC)c(Cl)cc12.CCC(CC)c1cn(C)c2nc(Cl)c(Cl)cc12.CNc1cccc(Cl)n1.CNc1nc(Cl)c(Cl)cc1Cl. The number of benzene rings is 1. The van der Waals surface area contributed by atoms with Crippen LogP contribution in [0.2, 0.25) is 50.7 Å². The Bertz CT molecular complexity index is 3680. The van der Waals surface area contributed by atoms with Gasteiger partial charge in [-0.3, -0.25) is 0 Å². The number of anilines is 3. The average Bonchev–Trinajstić information content (AvgIpc) is 1.58. The van der Waals surface area contributed by atoms with Crippen LogP contribution in [0.1, 0.15) is 145 Å². The minimum absolute atomic E-state index is 0. The van der Waals surface area contributed by atoms with Crippen molar-refractivity contribution in [2.75, 3.05) is 56.2 Å². The first-order valence-electron chi connectivity index (χ1n) is 29.6. The predicted molar refractivity (Wildman–Crippen MR) is 403 cm³/mol. The smallest absolute Gasteiger partial charge is 0.496 e. The maximum Gasteiger partial charge on any atom is 0.573 e. The van der Waals surface area contributed by atoms with Crippen LogP contribution in [-0.2, 0) is 14.1 Å². The molecule has 94 heavy (non-hydrogen) atoms. The predicted octanol–water partition coefficient (Wildman–Crippen LogP) is 25.8. The molecule has 0 bridgehead atoms. The maximum absolute atomic E-state index is 12.5. The lowest BCUT2D eigenvalue weighted by Crippen LogP contribution is -2.19. The van der Waals surface area contributed by atoms with E-state index in [0.717, 1.165) is 85.8 Å². The van der Waals surface area contributed by atoms with Gasteiger partial charge in [0.05, 0.1) is 42.9 Å². The fraction of sp³-hybridized carbons (Fsp3) is 0.426. The molecule has 0 saturated heterocycles. The minimum Gasteiger partial charge on any atom is -0.496 e. The second-order valence-corrected chi connectivity index (χ2v) is 24.5. The normalized spacial score (nSPS) is 10.6. The fourth-order valence-electron chi connectivity index (χ4n) is 9.35. The van der Waals surface area contributed by atoms with Gasteiger partial charge in [-0.05, 0) is 123 Å². The van der Waals surface area contributed by atoms with Crippen LogP contribution in [0.4, 0.5) is 30.6 Å². The topological polar surface area (TPSA) is 120 Å². The van der Waals surface area contributed by atoms with Gasteiger partial charge < -0.3 is 34.1 Å². The van der Waals surface area contributed by atoms with Gasteiger partial charge in [0.1, 0.15) is 60.9 Å². The molecule has 0 aliphatic carbocycles. The van der Waals surface area contributed by atoms with Crippen LogP contribution < -0.4 is 25.0 Å². The quantitative estimate of drug-likeness (QED) is 0.0460. The zero-order chi connectivity index (χ0) is 69.2. The first-order chi connectivity index (χ1) is 43.6. The average molecular weight is 1520 g/mol. The van der Waals surface area contributed by atoms with Crippen LogP contribution in [-0.4, -0.2) is 81.1 Å². The number of methoxy groups -OCH3 is 1. The Morgan fingerprint density at radius 3 is 1.51 bits per heavy atom. The number of fused-ring (bicyclic) bond motifs is 2. The van der Waals surface area contributed by atoms with Gasteiger partial charge in [-0.2, -0.15) is 0 Å². The van der Waals surface area contributed by atoms with Gasteiger partial charge in [-0.15, -0.1) is 24.8 Å². The Balaban J connectivity index is 0.000000596. The maximum atomic E-state index is 12.5. The molecule has 26 heteroatoms. The van der Waals surface area contributed by atoms with Crippen molar-refractivity contribution < 1.29 is 22.6 Å². The number of hydrogen-bond donors (Lipinski definition) is 2. The van der Waals surface area contributed by atoms with E-state index in [1.165, 1.54) is 47.6 Å². The lowest BCUT2D eigenvalue weighted by Gasteiger charge is -2.18. The van der Waals surface area contributed by atoms with E-state index in [4.69, 9.17) is 137 Å². The van der Waals surface area contributed by atoms with Gasteiger partial charge in [-0.1, -0.05) is 216 Å². The summed E-state index contributed by atoms with van der Waals surface area (Å²) in [6.45, 7) is 18.1. The standard InChI is InChI=1S/C21H22ClF3N2O2.C13H17Cl3N2.C13H16Cl2N2.C7H13Cl.C6H5Cl3N2.C6H7ClN2.2CH4/c1-5-12(6-2)16-11-27(3)20-15(16)10-17(22)19(26-20)14-8-7-13(9-18(14)28-4)29-21(23,24)25;1-4-9(5-2)6-7-18(3)13-11(15)8-10(14)12(16)17-13;1-4-8(5-2)10-7-17(3)13-9(10)6-11(14)12(15)16-13;1-3-7(4-2)5-6-8;1-10-6-4(8)2-3(7)5(9)11-6;1-8-6-4-2-3-5(7)9-6;;/h7-12H,5-6H2,1-4H3;6,8H,4-5,7H2,1-3H3;6-8H,4-5H2,1-3H3;5H,3-4,6H2,1-2H3;2H,1H3,(H,10,11);2-4H,1H3,(H,8,9);2*1H4. The highest BCUT2D eigenvalue weighted by atomic mass is 35.5. The number of nitrogens with one attached hydrogen (secondary N) is 2. The third-order valence-corrected chi connectivity index (χ3v) is 17.7. The number of pyridine rings is 5. The van der Waals surface area contributed by atoms with Gasteiger partial charge in [0.2, 0.25) is 0 Å². The third kappa shape index (κ3) is 26.4. The van der Waals surface area contributed by atoms with E-state index in [-0.39, 0.29) is 36.7 Å². The lowest BCUT2D eigenvalue weighted by molar-refractivity contribution is -0.274. The largest absolute Gasteiger partial charge is 0.573 e. The Labute approximate surface area is 610 Å². The summed E-state index contributed by atoms with van der Waals surface area (Å²) in [4.78, 5) is 23.0. The zero-order valence-electron chi connectivity index (χ0n) is 54.0. The summed E-state index contributed by atoms with van der Waals surface area (Å²) in [5.41, 5.74) is 7.96. The summed E-state index contributed by atoms with van der Waals surface area (Å²) < 4.78 is 50.7. The molecular weight excluding hydrogens is 1440 g/mol. The monoisotopic (exact) mass is 1520 g/mol. The van der Waals surface area contributed by atoms with Crippen molar-refractivity contribution in [1.82, 2.24) is 34.1 Å². The summed E-state index contributed by atoms with van der Waals surface area (Å²) in [7, 11) is 10.7. The molecule has 8 rings (SSSR count). The van der Waals surface area contributed by atoms with E-state index >= 15 is 0 Å². The highest BCUT2D eigenvalue weighted by Gasteiger charge is 2.32. The molecule has 0 fully saturated rings. The number of likely N-dealkylation sites (N-methyl/N-ethyl adjacent to an activating group) is 1. The Morgan fingerprint density at radius 2 is 1.06 bits per heavy atom.